The van der Waals surface area contributed by atoms with Crippen molar-refractivity contribution in [3.63, 3.8) is 0 Å². The minimum absolute atomic E-state index is 0.251. The van der Waals surface area contributed by atoms with Crippen LogP contribution in [0.4, 0.5) is 5.13 Å². The molecule has 0 aliphatic carbocycles. The number of rotatable bonds is 7. The van der Waals surface area contributed by atoms with Gasteiger partial charge in [0.1, 0.15) is 16.4 Å². The van der Waals surface area contributed by atoms with Crippen molar-refractivity contribution >= 4 is 42.2 Å². The van der Waals surface area contributed by atoms with E-state index in [1.165, 1.54) is 7.11 Å². The molecule has 0 bridgehead atoms. The second kappa shape index (κ2) is 9.80. The SMILES string of the molecule is COc1ccccc1Cc1csc(N2CCC(S(=O)(=O)c3cc(Br)ccc3OC)CC2)n1. The van der Waals surface area contributed by atoms with E-state index in [1.807, 2.05) is 24.3 Å². The van der Waals surface area contributed by atoms with Crippen LogP contribution >= 0.6 is 27.3 Å². The number of anilines is 1. The first-order valence-corrected chi connectivity index (χ1v) is 13.5. The molecule has 0 saturated carbocycles. The summed E-state index contributed by atoms with van der Waals surface area (Å²) >= 11 is 4.97. The summed E-state index contributed by atoms with van der Waals surface area (Å²) in [6, 6.07) is 13.0. The maximum absolute atomic E-state index is 13.3. The Balaban J connectivity index is 1.44. The number of nitrogens with zero attached hydrogens (tertiary/aromatic N) is 2. The molecule has 2 aromatic carbocycles. The smallest absolute Gasteiger partial charge is 0.185 e. The number of piperidine rings is 1. The molecule has 170 valence electrons. The van der Waals surface area contributed by atoms with E-state index in [0.29, 0.717) is 38.1 Å². The van der Waals surface area contributed by atoms with Gasteiger partial charge in [-0.1, -0.05) is 34.1 Å². The number of hydrogen-bond donors (Lipinski definition) is 0. The van der Waals surface area contributed by atoms with Crippen LogP contribution < -0.4 is 14.4 Å². The van der Waals surface area contributed by atoms with Crippen LogP contribution in [0.2, 0.25) is 0 Å². The molecule has 0 amide bonds. The number of halogens is 1. The van der Waals surface area contributed by atoms with Crippen molar-refractivity contribution in [3.05, 3.63) is 63.6 Å². The van der Waals surface area contributed by atoms with E-state index in [4.69, 9.17) is 14.5 Å². The van der Waals surface area contributed by atoms with Gasteiger partial charge >= 0.3 is 0 Å². The number of hydrogen-bond acceptors (Lipinski definition) is 7. The Morgan fingerprint density at radius 3 is 2.53 bits per heavy atom. The van der Waals surface area contributed by atoms with Gasteiger partial charge in [0.25, 0.3) is 0 Å². The number of methoxy groups -OCH3 is 2. The Hall–Kier alpha value is -2.10. The summed E-state index contributed by atoms with van der Waals surface area (Å²) in [6.07, 6.45) is 1.81. The summed E-state index contributed by atoms with van der Waals surface area (Å²) in [5, 5.41) is 2.57. The minimum Gasteiger partial charge on any atom is -0.496 e. The molecule has 0 spiro atoms. The van der Waals surface area contributed by atoms with Gasteiger partial charge in [0.2, 0.25) is 0 Å². The third-order valence-electron chi connectivity index (χ3n) is 5.69. The molecule has 32 heavy (non-hydrogen) atoms. The van der Waals surface area contributed by atoms with Crippen LogP contribution in [0.5, 0.6) is 11.5 Å². The highest BCUT2D eigenvalue weighted by molar-refractivity contribution is 9.10. The second-order valence-corrected chi connectivity index (χ2v) is 11.6. The van der Waals surface area contributed by atoms with E-state index >= 15 is 0 Å². The summed E-state index contributed by atoms with van der Waals surface area (Å²) < 4.78 is 38.0. The molecule has 0 N–H and O–H groups in total. The largest absolute Gasteiger partial charge is 0.496 e. The van der Waals surface area contributed by atoms with Crippen molar-refractivity contribution in [2.24, 2.45) is 0 Å². The molecule has 4 rings (SSSR count). The molecular weight excluding hydrogens is 512 g/mol. The Kier molecular flexibility index (Phi) is 7.07. The molecule has 0 radical (unpaired) electrons. The molecule has 1 aliphatic heterocycles. The highest BCUT2D eigenvalue weighted by Gasteiger charge is 2.34. The zero-order chi connectivity index (χ0) is 22.7. The van der Waals surface area contributed by atoms with Crippen LogP contribution in [-0.2, 0) is 16.3 Å². The van der Waals surface area contributed by atoms with Gasteiger partial charge in [0.15, 0.2) is 15.0 Å². The Morgan fingerprint density at radius 1 is 1.09 bits per heavy atom. The maximum atomic E-state index is 13.3. The van der Waals surface area contributed by atoms with E-state index in [-0.39, 0.29) is 4.90 Å². The predicted octanol–water partition coefficient (Wildman–Crippen LogP) is 4.96. The average molecular weight is 538 g/mol. The highest BCUT2D eigenvalue weighted by atomic mass is 79.9. The first kappa shape index (κ1) is 23.1. The maximum Gasteiger partial charge on any atom is 0.185 e. The summed E-state index contributed by atoms with van der Waals surface area (Å²) in [5.74, 6) is 1.24. The van der Waals surface area contributed by atoms with Crippen LogP contribution in [0.3, 0.4) is 0 Å². The molecule has 1 fully saturated rings. The number of ether oxygens (including phenoxy) is 2. The van der Waals surface area contributed by atoms with Crippen molar-refractivity contribution in [2.45, 2.75) is 29.4 Å². The van der Waals surface area contributed by atoms with Crippen molar-refractivity contribution in [1.82, 2.24) is 4.98 Å². The van der Waals surface area contributed by atoms with Gasteiger partial charge in [-0.05, 0) is 37.1 Å². The van der Waals surface area contributed by atoms with Gasteiger partial charge in [-0.25, -0.2) is 13.4 Å². The van der Waals surface area contributed by atoms with Crippen LogP contribution in [0.25, 0.3) is 0 Å². The van der Waals surface area contributed by atoms with Crippen LogP contribution in [-0.4, -0.2) is 46.0 Å². The first-order valence-electron chi connectivity index (χ1n) is 10.3. The van der Waals surface area contributed by atoms with Crippen LogP contribution in [0, 0.1) is 0 Å². The molecule has 6 nitrogen and oxygen atoms in total. The Labute approximate surface area is 201 Å². The molecule has 0 atom stereocenters. The van der Waals surface area contributed by atoms with Crippen molar-refractivity contribution < 1.29 is 17.9 Å². The Bertz CT molecular complexity index is 1190. The minimum atomic E-state index is -3.49. The van der Waals surface area contributed by atoms with Gasteiger partial charge in [0.05, 0.1) is 25.2 Å². The third kappa shape index (κ3) is 4.79. The zero-order valence-corrected chi connectivity index (χ0v) is 21.2. The summed E-state index contributed by atoms with van der Waals surface area (Å²) in [6.45, 7) is 1.31. The summed E-state index contributed by atoms with van der Waals surface area (Å²) in [4.78, 5) is 7.23. The number of aromatic nitrogens is 1. The molecule has 9 heteroatoms. The first-order chi connectivity index (χ1) is 15.4. The van der Waals surface area contributed by atoms with Gasteiger partial charge in [-0.2, -0.15) is 0 Å². The van der Waals surface area contributed by atoms with E-state index in [0.717, 1.165) is 26.6 Å². The van der Waals surface area contributed by atoms with E-state index < -0.39 is 15.1 Å². The van der Waals surface area contributed by atoms with Gasteiger partial charge in [0, 0.05) is 34.9 Å². The monoisotopic (exact) mass is 536 g/mol. The lowest BCUT2D eigenvalue weighted by Gasteiger charge is -2.31. The lowest BCUT2D eigenvalue weighted by molar-refractivity contribution is 0.401. The van der Waals surface area contributed by atoms with Gasteiger partial charge in [-0.3, -0.25) is 0 Å². The molecule has 2 heterocycles. The van der Waals surface area contributed by atoms with E-state index in [2.05, 4.69) is 26.2 Å². The van der Waals surface area contributed by atoms with Crippen molar-refractivity contribution in [1.29, 1.82) is 0 Å². The van der Waals surface area contributed by atoms with Crippen molar-refractivity contribution in [2.75, 3.05) is 32.2 Å². The molecule has 3 aromatic rings. The number of sulfone groups is 1. The average Bonchev–Trinajstić information content (AvgIpc) is 3.28. The number of para-hydroxylation sites is 1. The standard InChI is InChI=1S/C23H25BrN2O4S2/c1-29-20-6-4-3-5-16(20)13-18-15-31-23(25-18)26-11-9-19(10-12-26)32(27,28)22-14-17(24)7-8-21(22)30-2/h3-8,14-15,19H,9-13H2,1-2H3. The normalized spacial score (nSPS) is 15.0. The molecule has 1 aromatic heterocycles. The number of thiazole rings is 1. The van der Waals surface area contributed by atoms with Crippen LogP contribution in [0.15, 0.2) is 57.2 Å². The van der Waals surface area contributed by atoms with E-state index in [1.54, 1.807) is 36.6 Å². The lowest BCUT2D eigenvalue weighted by atomic mass is 10.1. The predicted molar refractivity (Wildman–Crippen MR) is 131 cm³/mol. The fraction of sp³-hybridized carbons (Fsp3) is 0.348. The highest BCUT2D eigenvalue weighted by Crippen LogP contribution is 2.34. The second-order valence-electron chi connectivity index (χ2n) is 7.64. The fourth-order valence-corrected chi connectivity index (χ4v) is 7.28. The molecule has 1 aliphatic rings. The van der Waals surface area contributed by atoms with Crippen LogP contribution in [0.1, 0.15) is 24.1 Å². The van der Waals surface area contributed by atoms with E-state index in [9.17, 15) is 8.42 Å². The van der Waals surface area contributed by atoms with Gasteiger partial charge < -0.3 is 14.4 Å². The summed E-state index contributed by atoms with van der Waals surface area (Å²) in [5.41, 5.74) is 2.09. The zero-order valence-electron chi connectivity index (χ0n) is 18.0. The molecular formula is C23H25BrN2O4S2. The summed E-state index contributed by atoms with van der Waals surface area (Å²) in [7, 11) is -0.319. The number of benzene rings is 2. The topological polar surface area (TPSA) is 68.7 Å². The lowest BCUT2D eigenvalue weighted by Crippen LogP contribution is -2.39. The fourth-order valence-electron chi connectivity index (χ4n) is 3.98. The molecule has 0 unspecified atom stereocenters. The third-order valence-corrected chi connectivity index (χ3v) is 9.41. The Morgan fingerprint density at radius 2 is 1.81 bits per heavy atom. The van der Waals surface area contributed by atoms with Gasteiger partial charge in [-0.15, -0.1) is 11.3 Å². The quantitative estimate of drug-likeness (QED) is 0.425. The van der Waals surface area contributed by atoms with Crippen molar-refractivity contribution in [3.8, 4) is 11.5 Å². The molecule has 1 saturated heterocycles.